The number of hydrogen-bond acceptors (Lipinski definition) is 4. The number of carbonyl (C=O) groups is 1. The van der Waals surface area contributed by atoms with Gasteiger partial charge >= 0.3 is 5.97 Å². The van der Waals surface area contributed by atoms with Gasteiger partial charge in [-0.25, -0.2) is 4.79 Å². The molecule has 7 heteroatoms. The van der Waals surface area contributed by atoms with Gasteiger partial charge in [0, 0.05) is 5.02 Å². The maximum atomic E-state index is 10.7. The normalized spacial score (nSPS) is 10.2. The standard InChI is InChI=1S/C8H5ClN4O2/c9-5-1-3-6(4-2-5)13-7(8(14)15)10-11-12-13/h1-4H,(H,14,15). The number of aromatic nitrogens is 4. The third-order valence-electron chi connectivity index (χ3n) is 1.73. The van der Waals surface area contributed by atoms with E-state index in [-0.39, 0.29) is 5.82 Å². The SMILES string of the molecule is O=C(O)c1nnnn1-c1ccc(Cl)cc1. The lowest BCUT2D eigenvalue weighted by molar-refractivity contribution is 0.0680. The Kier molecular flexibility index (Phi) is 2.34. The molecule has 1 aromatic carbocycles. The minimum absolute atomic E-state index is 0.239. The molecule has 76 valence electrons. The lowest BCUT2D eigenvalue weighted by atomic mass is 10.3. The summed E-state index contributed by atoms with van der Waals surface area (Å²) < 4.78 is 1.12. The maximum absolute atomic E-state index is 10.7. The van der Waals surface area contributed by atoms with Crippen LogP contribution in [0, 0.1) is 0 Å². The van der Waals surface area contributed by atoms with Crippen molar-refractivity contribution in [3.63, 3.8) is 0 Å². The van der Waals surface area contributed by atoms with Crippen molar-refractivity contribution in [2.24, 2.45) is 0 Å². The first-order valence-corrected chi connectivity index (χ1v) is 4.34. The van der Waals surface area contributed by atoms with E-state index >= 15 is 0 Å². The fourth-order valence-corrected chi connectivity index (χ4v) is 1.20. The van der Waals surface area contributed by atoms with Crippen LogP contribution in [-0.4, -0.2) is 31.3 Å². The fraction of sp³-hybridized carbons (Fsp3) is 0. The van der Waals surface area contributed by atoms with Gasteiger partial charge in [0.25, 0.3) is 5.82 Å². The van der Waals surface area contributed by atoms with Crippen LogP contribution in [0.5, 0.6) is 0 Å². The predicted octanol–water partition coefficient (Wildman–Crippen LogP) is 1.01. The van der Waals surface area contributed by atoms with E-state index in [2.05, 4.69) is 15.5 Å². The van der Waals surface area contributed by atoms with Gasteiger partial charge in [0.1, 0.15) is 0 Å². The molecule has 0 amide bonds. The Morgan fingerprint density at radius 3 is 2.60 bits per heavy atom. The first-order chi connectivity index (χ1) is 7.18. The molecule has 2 aromatic rings. The van der Waals surface area contributed by atoms with E-state index in [1.165, 1.54) is 0 Å². The zero-order chi connectivity index (χ0) is 10.8. The van der Waals surface area contributed by atoms with E-state index in [4.69, 9.17) is 16.7 Å². The average Bonchev–Trinajstić information content (AvgIpc) is 2.67. The van der Waals surface area contributed by atoms with E-state index in [0.29, 0.717) is 10.7 Å². The topological polar surface area (TPSA) is 80.9 Å². The van der Waals surface area contributed by atoms with Crippen molar-refractivity contribution in [2.75, 3.05) is 0 Å². The summed E-state index contributed by atoms with van der Waals surface area (Å²) in [4.78, 5) is 10.7. The number of benzene rings is 1. The van der Waals surface area contributed by atoms with Gasteiger partial charge in [0.2, 0.25) is 0 Å². The van der Waals surface area contributed by atoms with Crippen molar-refractivity contribution in [3.05, 3.63) is 35.1 Å². The molecule has 0 radical (unpaired) electrons. The quantitative estimate of drug-likeness (QED) is 0.824. The van der Waals surface area contributed by atoms with Crippen LogP contribution in [0.15, 0.2) is 24.3 Å². The molecule has 1 heterocycles. The monoisotopic (exact) mass is 224 g/mol. The van der Waals surface area contributed by atoms with Crippen LogP contribution in [0.2, 0.25) is 5.02 Å². The summed E-state index contributed by atoms with van der Waals surface area (Å²) >= 11 is 5.70. The van der Waals surface area contributed by atoms with E-state index in [1.54, 1.807) is 24.3 Å². The molecular weight excluding hydrogens is 220 g/mol. The van der Waals surface area contributed by atoms with Crippen molar-refractivity contribution < 1.29 is 9.90 Å². The molecule has 6 nitrogen and oxygen atoms in total. The van der Waals surface area contributed by atoms with Crippen LogP contribution < -0.4 is 0 Å². The van der Waals surface area contributed by atoms with Crippen LogP contribution in [0.3, 0.4) is 0 Å². The Morgan fingerprint density at radius 1 is 1.33 bits per heavy atom. The summed E-state index contributed by atoms with van der Waals surface area (Å²) in [5, 5.41) is 19.6. The van der Waals surface area contributed by atoms with Crippen molar-refractivity contribution in [3.8, 4) is 5.69 Å². The summed E-state index contributed by atoms with van der Waals surface area (Å²) in [7, 11) is 0. The summed E-state index contributed by atoms with van der Waals surface area (Å²) in [6, 6.07) is 6.52. The van der Waals surface area contributed by atoms with Crippen LogP contribution in [0.4, 0.5) is 0 Å². The minimum Gasteiger partial charge on any atom is -0.475 e. The second-order valence-corrected chi connectivity index (χ2v) is 3.13. The summed E-state index contributed by atoms with van der Waals surface area (Å²) in [5.74, 6) is -1.42. The number of carboxylic acids is 1. The highest BCUT2D eigenvalue weighted by Gasteiger charge is 2.14. The smallest absolute Gasteiger partial charge is 0.376 e. The van der Waals surface area contributed by atoms with Crippen LogP contribution in [-0.2, 0) is 0 Å². The minimum atomic E-state index is -1.19. The third kappa shape index (κ3) is 1.79. The maximum Gasteiger partial charge on any atom is 0.376 e. The van der Waals surface area contributed by atoms with Gasteiger partial charge < -0.3 is 5.11 Å². The summed E-state index contributed by atoms with van der Waals surface area (Å²) in [6.45, 7) is 0. The predicted molar refractivity (Wildman–Crippen MR) is 51.1 cm³/mol. The number of rotatable bonds is 2. The Bertz CT molecular complexity index is 494. The van der Waals surface area contributed by atoms with Crippen LogP contribution in [0.1, 0.15) is 10.6 Å². The van der Waals surface area contributed by atoms with Gasteiger partial charge in [0.15, 0.2) is 0 Å². The van der Waals surface area contributed by atoms with Crippen molar-refractivity contribution in [1.82, 2.24) is 20.2 Å². The highest BCUT2D eigenvalue weighted by Crippen LogP contribution is 2.13. The van der Waals surface area contributed by atoms with Crippen molar-refractivity contribution in [1.29, 1.82) is 0 Å². The molecule has 0 spiro atoms. The lowest BCUT2D eigenvalue weighted by Gasteiger charge is -2.00. The van der Waals surface area contributed by atoms with E-state index in [1.807, 2.05) is 0 Å². The van der Waals surface area contributed by atoms with Gasteiger partial charge in [-0.15, -0.1) is 5.10 Å². The molecule has 0 unspecified atom stereocenters. The Hall–Kier alpha value is -1.95. The molecule has 0 aliphatic rings. The molecule has 0 atom stereocenters. The zero-order valence-corrected chi connectivity index (χ0v) is 8.09. The second kappa shape index (κ2) is 3.66. The Labute approximate surface area is 89.1 Å². The number of aromatic carboxylic acids is 1. The van der Waals surface area contributed by atoms with Gasteiger partial charge in [-0.2, -0.15) is 4.68 Å². The van der Waals surface area contributed by atoms with Gasteiger partial charge in [-0.05, 0) is 34.7 Å². The highest BCUT2D eigenvalue weighted by atomic mass is 35.5. The second-order valence-electron chi connectivity index (χ2n) is 2.70. The average molecular weight is 225 g/mol. The molecule has 0 aliphatic carbocycles. The molecule has 2 rings (SSSR count). The highest BCUT2D eigenvalue weighted by molar-refractivity contribution is 6.30. The lowest BCUT2D eigenvalue weighted by Crippen LogP contribution is -2.09. The molecule has 0 saturated heterocycles. The Morgan fingerprint density at radius 2 is 2.00 bits per heavy atom. The molecular formula is C8H5ClN4O2. The largest absolute Gasteiger partial charge is 0.475 e. The van der Waals surface area contributed by atoms with Crippen molar-refractivity contribution >= 4 is 17.6 Å². The molecule has 0 aliphatic heterocycles. The van der Waals surface area contributed by atoms with E-state index < -0.39 is 5.97 Å². The molecule has 0 saturated carbocycles. The van der Waals surface area contributed by atoms with Crippen molar-refractivity contribution in [2.45, 2.75) is 0 Å². The third-order valence-corrected chi connectivity index (χ3v) is 1.98. The van der Waals surface area contributed by atoms with E-state index in [0.717, 1.165) is 4.68 Å². The number of hydrogen-bond donors (Lipinski definition) is 1. The molecule has 1 aromatic heterocycles. The molecule has 15 heavy (non-hydrogen) atoms. The van der Waals surface area contributed by atoms with Gasteiger partial charge in [-0.3, -0.25) is 0 Å². The fourth-order valence-electron chi connectivity index (χ4n) is 1.08. The van der Waals surface area contributed by atoms with Gasteiger partial charge in [-0.1, -0.05) is 11.6 Å². The summed E-state index contributed by atoms with van der Waals surface area (Å²) in [5.41, 5.74) is 0.543. The Balaban J connectivity index is 2.49. The first-order valence-electron chi connectivity index (χ1n) is 3.96. The van der Waals surface area contributed by atoms with Crippen LogP contribution in [0.25, 0.3) is 5.69 Å². The zero-order valence-electron chi connectivity index (χ0n) is 7.33. The van der Waals surface area contributed by atoms with E-state index in [9.17, 15) is 4.79 Å². The molecule has 0 fully saturated rings. The van der Waals surface area contributed by atoms with Crippen LogP contribution >= 0.6 is 11.6 Å². The number of halogens is 1. The number of nitrogens with zero attached hydrogens (tertiary/aromatic N) is 4. The number of tetrazole rings is 1. The van der Waals surface area contributed by atoms with Gasteiger partial charge in [0.05, 0.1) is 5.69 Å². The first kappa shape index (κ1) is 9.60. The summed E-state index contributed by atoms with van der Waals surface area (Å²) in [6.07, 6.45) is 0. The molecule has 1 N–H and O–H groups in total. The number of carboxylic acid groups (broad SMARTS) is 1. The molecule has 0 bridgehead atoms.